The van der Waals surface area contributed by atoms with Crippen molar-refractivity contribution >= 4 is 24.1 Å². The summed E-state index contributed by atoms with van der Waals surface area (Å²) in [7, 11) is 0. The molecule has 1 aromatic heterocycles. The van der Waals surface area contributed by atoms with Gasteiger partial charge in [-0.05, 0) is 26.0 Å². The Labute approximate surface area is 184 Å². The number of anilines is 1. The smallest absolute Gasteiger partial charge is 0.254 e. The minimum Gasteiger partial charge on any atom is -0.378 e. The van der Waals surface area contributed by atoms with Crippen molar-refractivity contribution in [2.75, 3.05) is 57.4 Å². The predicted molar refractivity (Wildman–Crippen MR) is 120 cm³/mol. The second kappa shape index (κ2) is 10.2. The number of aromatic nitrogens is 2. The second-order valence-corrected chi connectivity index (χ2v) is 7.86. The van der Waals surface area contributed by atoms with Crippen molar-refractivity contribution in [3.05, 3.63) is 42.2 Å². The van der Waals surface area contributed by atoms with E-state index in [9.17, 15) is 4.79 Å². The summed E-state index contributed by atoms with van der Waals surface area (Å²) in [5.41, 5.74) is 2.37. The van der Waals surface area contributed by atoms with Crippen LogP contribution in [0.2, 0.25) is 0 Å². The standard InChI is InChI=1S/C22H29N5O2.ClH/c1-17(2)25-6-8-26(9-7-25)21-16-23-20(15-24-21)18-4-3-5-19(14-18)22(28)27-10-12-29-13-11-27;/h3-5,14-17H,6-13H2,1-2H3;1H. The molecular formula is C22H30ClN5O2. The summed E-state index contributed by atoms with van der Waals surface area (Å²) in [5, 5.41) is 0. The molecule has 0 bridgehead atoms. The average Bonchev–Trinajstić information content (AvgIpc) is 2.79. The maximum atomic E-state index is 12.7. The number of morpholine rings is 1. The van der Waals surface area contributed by atoms with E-state index in [-0.39, 0.29) is 18.3 Å². The van der Waals surface area contributed by atoms with Crippen LogP contribution in [0.5, 0.6) is 0 Å². The predicted octanol–water partition coefficient (Wildman–Crippen LogP) is 2.57. The molecule has 2 fully saturated rings. The summed E-state index contributed by atoms with van der Waals surface area (Å²) in [6.45, 7) is 11.0. The van der Waals surface area contributed by atoms with Crippen LogP contribution in [-0.4, -0.2) is 84.2 Å². The number of hydrogen-bond acceptors (Lipinski definition) is 6. The molecule has 0 aliphatic carbocycles. The lowest BCUT2D eigenvalue weighted by Gasteiger charge is -2.37. The van der Waals surface area contributed by atoms with Crippen LogP contribution in [0.1, 0.15) is 24.2 Å². The molecule has 7 nitrogen and oxygen atoms in total. The van der Waals surface area contributed by atoms with E-state index in [1.807, 2.05) is 41.6 Å². The van der Waals surface area contributed by atoms with Crippen molar-refractivity contribution in [1.29, 1.82) is 0 Å². The van der Waals surface area contributed by atoms with Crippen LogP contribution in [0.4, 0.5) is 5.82 Å². The Morgan fingerprint density at radius 2 is 1.73 bits per heavy atom. The Hall–Kier alpha value is -2.22. The summed E-state index contributed by atoms with van der Waals surface area (Å²) >= 11 is 0. The normalized spacial score (nSPS) is 17.7. The third-order valence-electron chi connectivity index (χ3n) is 5.71. The Morgan fingerprint density at radius 1 is 1.00 bits per heavy atom. The molecule has 2 aliphatic rings. The summed E-state index contributed by atoms with van der Waals surface area (Å²) < 4.78 is 5.34. The molecule has 1 aromatic carbocycles. The molecule has 3 heterocycles. The number of piperazine rings is 1. The van der Waals surface area contributed by atoms with E-state index < -0.39 is 0 Å². The molecular weight excluding hydrogens is 402 g/mol. The maximum Gasteiger partial charge on any atom is 0.254 e. The van der Waals surface area contributed by atoms with Crippen LogP contribution >= 0.6 is 12.4 Å². The van der Waals surface area contributed by atoms with Crippen LogP contribution in [0.3, 0.4) is 0 Å². The number of nitrogens with zero attached hydrogens (tertiary/aromatic N) is 5. The zero-order valence-corrected chi connectivity index (χ0v) is 18.5. The number of carbonyl (C=O) groups is 1. The number of benzene rings is 1. The van der Waals surface area contributed by atoms with Gasteiger partial charge in [-0.1, -0.05) is 12.1 Å². The minimum atomic E-state index is 0. The minimum absolute atomic E-state index is 0. The van der Waals surface area contributed by atoms with Gasteiger partial charge in [0, 0.05) is 56.4 Å². The lowest BCUT2D eigenvalue weighted by molar-refractivity contribution is 0.0303. The molecule has 4 rings (SSSR count). The van der Waals surface area contributed by atoms with Crippen molar-refractivity contribution in [3.8, 4) is 11.3 Å². The number of rotatable bonds is 4. The van der Waals surface area contributed by atoms with Crippen LogP contribution in [0.15, 0.2) is 36.7 Å². The van der Waals surface area contributed by atoms with Crippen molar-refractivity contribution < 1.29 is 9.53 Å². The van der Waals surface area contributed by atoms with Gasteiger partial charge in [-0.25, -0.2) is 4.98 Å². The van der Waals surface area contributed by atoms with Gasteiger partial charge in [0.2, 0.25) is 0 Å². The van der Waals surface area contributed by atoms with Crippen molar-refractivity contribution in [1.82, 2.24) is 19.8 Å². The zero-order chi connectivity index (χ0) is 20.2. The van der Waals surface area contributed by atoms with E-state index >= 15 is 0 Å². The highest BCUT2D eigenvalue weighted by atomic mass is 35.5. The molecule has 8 heteroatoms. The van der Waals surface area contributed by atoms with Gasteiger partial charge in [0.15, 0.2) is 0 Å². The fraction of sp³-hybridized carbons (Fsp3) is 0.500. The Balaban J connectivity index is 0.00000256. The summed E-state index contributed by atoms with van der Waals surface area (Å²) in [5.74, 6) is 0.959. The highest BCUT2D eigenvalue weighted by molar-refractivity contribution is 5.95. The number of hydrogen-bond donors (Lipinski definition) is 0. The first-order chi connectivity index (χ1) is 14.1. The Bertz CT molecular complexity index is 832. The van der Waals surface area contributed by atoms with E-state index in [4.69, 9.17) is 4.74 Å². The molecule has 162 valence electrons. The first-order valence-corrected chi connectivity index (χ1v) is 10.4. The van der Waals surface area contributed by atoms with Gasteiger partial charge in [0.25, 0.3) is 5.91 Å². The second-order valence-electron chi connectivity index (χ2n) is 7.86. The molecule has 30 heavy (non-hydrogen) atoms. The maximum absolute atomic E-state index is 12.7. The number of carbonyl (C=O) groups excluding carboxylic acids is 1. The van der Waals surface area contributed by atoms with Gasteiger partial charge < -0.3 is 14.5 Å². The summed E-state index contributed by atoms with van der Waals surface area (Å²) in [4.78, 5) is 28.6. The van der Waals surface area contributed by atoms with Crippen molar-refractivity contribution in [3.63, 3.8) is 0 Å². The van der Waals surface area contributed by atoms with Gasteiger partial charge in [0.05, 0.1) is 31.3 Å². The van der Waals surface area contributed by atoms with E-state index in [0.717, 1.165) is 43.3 Å². The fourth-order valence-corrected chi connectivity index (χ4v) is 3.86. The molecule has 1 amide bonds. The molecule has 0 atom stereocenters. The van der Waals surface area contributed by atoms with Crippen molar-refractivity contribution in [2.45, 2.75) is 19.9 Å². The average molecular weight is 432 g/mol. The molecule has 0 spiro atoms. The SMILES string of the molecule is CC(C)N1CCN(c2cnc(-c3cccc(C(=O)N4CCOCC4)c3)cn2)CC1.Cl. The molecule has 0 N–H and O–H groups in total. The van der Waals surface area contributed by atoms with Crippen LogP contribution in [0.25, 0.3) is 11.3 Å². The van der Waals surface area contributed by atoms with Crippen LogP contribution < -0.4 is 4.90 Å². The fourth-order valence-electron chi connectivity index (χ4n) is 3.86. The Morgan fingerprint density at radius 3 is 2.37 bits per heavy atom. The molecule has 0 radical (unpaired) electrons. The van der Waals surface area contributed by atoms with Gasteiger partial charge in [-0.3, -0.25) is 14.7 Å². The molecule has 2 aromatic rings. The molecule has 2 aliphatic heterocycles. The first-order valence-electron chi connectivity index (χ1n) is 10.4. The van der Waals surface area contributed by atoms with E-state index in [2.05, 4.69) is 33.6 Å². The first kappa shape index (κ1) is 22.5. The molecule has 2 saturated heterocycles. The summed E-state index contributed by atoms with van der Waals surface area (Å²) in [6.07, 6.45) is 3.65. The van der Waals surface area contributed by atoms with E-state index in [0.29, 0.717) is 37.9 Å². The van der Waals surface area contributed by atoms with Crippen LogP contribution in [-0.2, 0) is 4.74 Å². The quantitative estimate of drug-likeness (QED) is 0.741. The molecule has 0 unspecified atom stereocenters. The number of amides is 1. The topological polar surface area (TPSA) is 61.8 Å². The van der Waals surface area contributed by atoms with Crippen molar-refractivity contribution in [2.24, 2.45) is 0 Å². The third-order valence-corrected chi connectivity index (χ3v) is 5.71. The highest BCUT2D eigenvalue weighted by Crippen LogP contribution is 2.21. The number of ether oxygens (including phenoxy) is 1. The lowest BCUT2D eigenvalue weighted by atomic mass is 10.1. The summed E-state index contributed by atoms with van der Waals surface area (Å²) in [6, 6.07) is 8.23. The Kier molecular flexibility index (Phi) is 7.64. The largest absolute Gasteiger partial charge is 0.378 e. The monoisotopic (exact) mass is 431 g/mol. The molecule has 0 saturated carbocycles. The van der Waals surface area contributed by atoms with Gasteiger partial charge in [0.1, 0.15) is 5.82 Å². The third kappa shape index (κ3) is 5.09. The van der Waals surface area contributed by atoms with E-state index in [1.54, 1.807) is 0 Å². The van der Waals surface area contributed by atoms with Gasteiger partial charge in [-0.15, -0.1) is 12.4 Å². The lowest BCUT2D eigenvalue weighted by Crippen LogP contribution is -2.49. The number of halogens is 1. The highest BCUT2D eigenvalue weighted by Gasteiger charge is 2.21. The van der Waals surface area contributed by atoms with Gasteiger partial charge >= 0.3 is 0 Å². The zero-order valence-electron chi connectivity index (χ0n) is 17.7. The van der Waals surface area contributed by atoms with E-state index in [1.165, 1.54) is 0 Å². The van der Waals surface area contributed by atoms with Crippen LogP contribution in [0, 0.1) is 0 Å². The van der Waals surface area contributed by atoms with Gasteiger partial charge in [-0.2, -0.15) is 0 Å².